The number of nitrogens with zero attached hydrogens (tertiary/aromatic N) is 2. The SMILES string of the molecule is CC(=O)c1cccc(NC(=O)N[C@@H](c2ccccc2)c2nnc(-c3ccc(Cl)cc3)o2)c1. The third-order valence-corrected chi connectivity index (χ3v) is 4.97. The maximum atomic E-state index is 12.8. The van der Waals surface area contributed by atoms with E-state index in [1.54, 1.807) is 48.5 Å². The largest absolute Gasteiger partial charge is 0.418 e. The van der Waals surface area contributed by atoms with Crippen LogP contribution in [-0.4, -0.2) is 22.0 Å². The van der Waals surface area contributed by atoms with Crippen LogP contribution in [0.1, 0.15) is 34.8 Å². The summed E-state index contributed by atoms with van der Waals surface area (Å²) in [6.45, 7) is 1.47. The Hall–Kier alpha value is -3.97. The van der Waals surface area contributed by atoms with Gasteiger partial charge in [0.15, 0.2) is 5.78 Å². The van der Waals surface area contributed by atoms with E-state index < -0.39 is 12.1 Å². The van der Waals surface area contributed by atoms with Gasteiger partial charge in [0.25, 0.3) is 0 Å². The highest BCUT2D eigenvalue weighted by atomic mass is 35.5. The van der Waals surface area contributed by atoms with Crippen molar-refractivity contribution in [3.63, 3.8) is 0 Å². The molecule has 0 unspecified atom stereocenters. The summed E-state index contributed by atoms with van der Waals surface area (Å²) in [5.74, 6) is 0.458. The van der Waals surface area contributed by atoms with Gasteiger partial charge in [-0.25, -0.2) is 4.79 Å². The number of amides is 2. The van der Waals surface area contributed by atoms with Crippen LogP contribution in [0.4, 0.5) is 10.5 Å². The number of aromatic nitrogens is 2. The maximum Gasteiger partial charge on any atom is 0.320 e. The number of rotatable bonds is 6. The molecule has 0 aliphatic heterocycles. The summed E-state index contributed by atoms with van der Waals surface area (Å²) < 4.78 is 5.88. The summed E-state index contributed by atoms with van der Waals surface area (Å²) in [6, 6.07) is 21.9. The van der Waals surface area contributed by atoms with Crippen molar-refractivity contribution in [2.75, 3.05) is 5.32 Å². The van der Waals surface area contributed by atoms with E-state index in [0.717, 1.165) is 5.56 Å². The summed E-state index contributed by atoms with van der Waals surface area (Å²) in [7, 11) is 0. The van der Waals surface area contributed by atoms with E-state index in [4.69, 9.17) is 16.0 Å². The highest BCUT2D eigenvalue weighted by Gasteiger charge is 2.23. The van der Waals surface area contributed by atoms with Gasteiger partial charge in [0.1, 0.15) is 6.04 Å². The number of carbonyl (C=O) groups is 2. The zero-order valence-electron chi connectivity index (χ0n) is 17.1. The van der Waals surface area contributed by atoms with Crippen LogP contribution in [-0.2, 0) is 0 Å². The Morgan fingerprint density at radius 1 is 0.938 bits per heavy atom. The average molecular weight is 447 g/mol. The minimum Gasteiger partial charge on any atom is -0.418 e. The second kappa shape index (κ2) is 9.45. The molecule has 8 heteroatoms. The standard InChI is InChI=1S/C24H19ClN4O3/c1-15(30)18-8-5-9-20(14-18)26-24(31)27-21(16-6-3-2-4-7-16)23-29-28-22(32-23)17-10-12-19(25)13-11-17/h2-14,21H,1H3,(H2,26,27,31)/t21-/m0/s1. The predicted octanol–water partition coefficient (Wildman–Crippen LogP) is 5.50. The number of benzene rings is 3. The Kier molecular flexibility index (Phi) is 6.28. The maximum absolute atomic E-state index is 12.8. The lowest BCUT2D eigenvalue weighted by Gasteiger charge is -2.16. The lowest BCUT2D eigenvalue weighted by Crippen LogP contribution is -2.33. The number of ketones is 1. The summed E-state index contributed by atoms with van der Waals surface area (Å²) >= 11 is 5.95. The quantitative estimate of drug-likeness (QED) is 0.381. The van der Waals surface area contributed by atoms with Gasteiger partial charge in [-0.1, -0.05) is 54.1 Å². The van der Waals surface area contributed by atoms with Gasteiger partial charge in [-0.05, 0) is 48.9 Å². The molecule has 0 aliphatic carbocycles. The minimum atomic E-state index is -0.680. The average Bonchev–Trinajstić information content (AvgIpc) is 3.28. The molecule has 0 fully saturated rings. The number of anilines is 1. The zero-order chi connectivity index (χ0) is 22.5. The van der Waals surface area contributed by atoms with Crippen molar-refractivity contribution in [1.29, 1.82) is 0 Å². The third kappa shape index (κ3) is 5.01. The summed E-state index contributed by atoms with van der Waals surface area (Å²) in [4.78, 5) is 24.4. The Morgan fingerprint density at radius 2 is 1.69 bits per heavy atom. The molecule has 4 rings (SSSR count). The molecule has 7 nitrogen and oxygen atoms in total. The highest BCUT2D eigenvalue weighted by Crippen LogP contribution is 2.26. The van der Waals surface area contributed by atoms with Crippen molar-refractivity contribution in [2.24, 2.45) is 0 Å². The smallest absolute Gasteiger partial charge is 0.320 e. The van der Waals surface area contributed by atoms with Gasteiger partial charge in [0, 0.05) is 21.8 Å². The topological polar surface area (TPSA) is 97.1 Å². The van der Waals surface area contributed by atoms with E-state index >= 15 is 0 Å². The van der Waals surface area contributed by atoms with Crippen molar-refractivity contribution in [2.45, 2.75) is 13.0 Å². The first kappa shape index (κ1) is 21.3. The molecule has 0 bridgehead atoms. The summed E-state index contributed by atoms with van der Waals surface area (Å²) in [5.41, 5.74) is 2.48. The lowest BCUT2D eigenvalue weighted by molar-refractivity contribution is 0.101. The van der Waals surface area contributed by atoms with Crippen LogP contribution in [0.3, 0.4) is 0 Å². The van der Waals surface area contributed by atoms with Crippen molar-refractivity contribution in [1.82, 2.24) is 15.5 Å². The molecule has 0 saturated heterocycles. The number of nitrogens with one attached hydrogen (secondary N) is 2. The summed E-state index contributed by atoms with van der Waals surface area (Å²) in [5, 5.41) is 14.5. The monoisotopic (exact) mass is 446 g/mol. The molecule has 3 aromatic carbocycles. The molecular weight excluding hydrogens is 428 g/mol. The summed E-state index contributed by atoms with van der Waals surface area (Å²) in [6.07, 6.45) is 0. The first-order valence-electron chi connectivity index (χ1n) is 9.82. The molecule has 1 heterocycles. The van der Waals surface area contributed by atoms with Crippen LogP contribution in [0.2, 0.25) is 5.02 Å². The Bertz CT molecular complexity index is 1240. The van der Waals surface area contributed by atoms with E-state index in [1.807, 2.05) is 30.3 Å². The Balaban J connectivity index is 1.58. The number of Topliss-reactive ketones (excluding diaryl/α,β-unsaturated/α-hetero) is 1. The van der Waals surface area contributed by atoms with Crippen molar-refractivity contribution < 1.29 is 14.0 Å². The Morgan fingerprint density at radius 3 is 2.41 bits per heavy atom. The Labute approximate surface area is 189 Å². The van der Waals surface area contributed by atoms with Crippen molar-refractivity contribution >= 4 is 29.1 Å². The van der Waals surface area contributed by atoms with Crippen molar-refractivity contribution in [3.05, 3.63) is 101 Å². The molecule has 1 aromatic heterocycles. The molecule has 32 heavy (non-hydrogen) atoms. The fourth-order valence-corrected chi connectivity index (χ4v) is 3.23. The van der Waals surface area contributed by atoms with Gasteiger partial charge in [0.2, 0.25) is 11.8 Å². The van der Waals surface area contributed by atoms with Crippen LogP contribution in [0.25, 0.3) is 11.5 Å². The van der Waals surface area contributed by atoms with E-state index in [1.165, 1.54) is 6.92 Å². The van der Waals surface area contributed by atoms with Gasteiger partial charge in [-0.15, -0.1) is 10.2 Å². The lowest BCUT2D eigenvalue weighted by atomic mass is 10.1. The minimum absolute atomic E-state index is 0.0863. The molecule has 2 N–H and O–H groups in total. The zero-order valence-corrected chi connectivity index (χ0v) is 17.8. The number of halogens is 1. The van der Waals surface area contributed by atoms with Crippen LogP contribution in [0.15, 0.2) is 83.3 Å². The van der Waals surface area contributed by atoms with Gasteiger partial charge in [-0.2, -0.15) is 0 Å². The molecule has 0 aliphatic rings. The molecule has 2 amide bonds. The number of hydrogen-bond acceptors (Lipinski definition) is 5. The molecule has 0 spiro atoms. The second-order valence-corrected chi connectivity index (χ2v) is 7.47. The molecule has 0 radical (unpaired) electrons. The van der Waals surface area contributed by atoms with E-state index in [0.29, 0.717) is 27.7 Å². The van der Waals surface area contributed by atoms with Crippen LogP contribution >= 0.6 is 11.6 Å². The number of urea groups is 1. The van der Waals surface area contributed by atoms with Crippen LogP contribution in [0.5, 0.6) is 0 Å². The molecule has 160 valence electrons. The van der Waals surface area contributed by atoms with Crippen LogP contribution in [0, 0.1) is 0 Å². The molecule has 4 aromatic rings. The molecule has 0 saturated carbocycles. The second-order valence-electron chi connectivity index (χ2n) is 7.03. The number of carbonyl (C=O) groups excluding carboxylic acids is 2. The van der Waals surface area contributed by atoms with E-state index in [2.05, 4.69) is 20.8 Å². The normalized spacial score (nSPS) is 11.6. The number of hydrogen-bond donors (Lipinski definition) is 2. The van der Waals surface area contributed by atoms with Gasteiger partial charge in [0.05, 0.1) is 0 Å². The van der Waals surface area contributed by atoms with Gasteiger partial charge >= 0.3 is 6.03 Å². The first-order valence-corrected chi connectivity index (χ1v) is 10.2. The fraction of sp³-hybridized carbons (Fsp3) is 0.0833. The van der Waals surface area contributed by atoms with E-state index in [-0.39, 0.29) is 11.7 Å². The predicted molar refractivity (Wildman–Crippen MR) is 122 cm³/mol. The third-order valence-electron chi connectivity index (χ3n) is 4.71. The van der Waals surface area contributed by atoms with Crippen LogP contribution < -0.4 is 10.6 Å². The van der Waals surface area contributed by atoms with E-state index in [9.17, 15) is 9.59 Å². The molecule has 1 atom stereocenters. The van der Waals surface area contributed by atoms with Crippen molar-refractivity contribution in [3.8, 4) is 11.5 Å². The fourth-order valence-electron chi connectivity index (χ4n) is 3.11. The first-order chi connectivity index (χ1) is 15.5. The highest BCUT2D eigenvalue weighted by molar-refractivity contribution is 6.30. The van der Waals surface area contributed by atoms with Gasteiger partial charge in [-0.3, -0.25) is 4.79 Å². The van der Waals surface area contributed by atoms with Gasteiger partial charge < -0.3 is 15.1 Å². The molecular formula is C24H19ClN4O3.